The number of hydrogen-bond donors (Lipinski definition) is 1. The fraction of sp³-hybridized carbons (Fsp3) is 0.136. The van der Waals surface area contributed by atoms with Gasteiger partial charge in [-0.05, 0) is 16.3 Å². The third-order valence-electron chi connectivity index (χ3n) is 5.25. The second-order valence-electron chi connectivity index (χ2n) is 6.77. The first-order valence-electron chi connectivity index (χ1n) is 8.75. The zero-order valence-corrected chi connectivity index (χ0v) is 14.5. The van der Waals surface area contributed by atoms with Crippen molar-refractivity contribution in [3.8, 4) is 0 Å². The Morgan fingerprint density at radius 1 is 1.08 bits per heavy atom. The highest BCUT2D eigenvalue weighted by atomic mass is 16.1. The minimum Gasteiger partial charge on any atom is -0.357 e. The van der Waals surface area contributed by atoms with Gasteiger partial charge in [-0.25, -0.2) is 4.57 Å². The predicted octanol–water partition coefficient (Wildman–Crippen LogP) is 3.53. The van der Waals surface area contributed by atoms with E-state index in [9.17, 15) is 4.79 Å². The first-order chi connectivity index (χ1) is 12.7. The highest BCUT2D eigenvalue weighted by Gasteiger charge is 2.31. The summed E-state index contributed by atoms with van der Waals surface area (Å²) in [5.74, 6) is 0.0129. The molecule has 5 rings (SSSR count). The van der Waals surface area contributed by atoms with E-state index >= 15 is 0 Å². The highest BCUT2D eigenvalue weighted by molar-refractivity contribution is 6.49. The third kappa shape index (κ3) is 2.19. The molecule has 26 heavy (non-hydrogen) atoms. The Balaban J connectivity index is 1.57. The third-order valence-corrected chi connectivity index (χ3v) is 5.25. The van der Waals surface area contributed by atoms with Crippen molar-refractivity contribution < 1.29 is 9.36 Å². The van der Waals surface area contributed by atoms with Crippen LogP contribution >= 0.6 is 0 Å². The van der Waals surface area contributed by atoms with E-state index in [2.05, 4.69) is 33.8 Å². The summed E-state index contributed by atoms with van der Waals surface area (Å²) in [5.41, 5.74) is 3.56. The lowest BCUT2D eigenvalue weighted by molar-refractivity contribution is -0.677. The lowest BCUT2D eigenvalue weighted by Gasteiger charge is -2.12. The van der Waals surface area contributed by atoms with Crippen LogP contribution in [0.5, 0.6) is 0 Å². The lowest BCUT2D eigenvalue weighted by Crippen LogP contribution is -2.38. The second kappa shape index (κ2) is 5.63. The quantitative estimate of drug-likeness (QED) is 0.558. The van der Waals surface area contributed by atoms with Gasteiger partial charge in [-0.2, -0.15) is 0 Å². The number of aromatic amines is 1. The van der Waals surface area contributed by atoms with Gasteiger partial charge in [0, 0.05) is 17.6 Å². The van der Waals surface area contributed by atoms with E-state index in [1.165, 1.54) is 10.8 Å². The first kappa shape index (κ1) is 15.0. The zero-order chi connectivity index (χ0) is 17.7. The van der Waals surface area contributed by atoms with Gasteiger partial charge in [-0.15, -0.1) is 0 Å². The van der Waals surface area contributed by atoms with E-state index in [-0.39, 0.29) is 5.78 Å². The van der Waals surface area contributed by atoms with Gasteiger partial charge in [0.1, 0.15) is 12.7 Å². The van der Waals surface area contributed by atoms with Crippen LogP contribution in [-0.4, -0.2) is 16.5 Å². The summed E-state index contributed by atoms with van der Waals surface area (Å²) in [5, 5.41) is 4.50. The van der Waals surface area contributed by atoms with Gasteiger partial charge >= 0.3 is 0 Å². The van der Waals surface area contributed by atoms with Crippen LogP contribution in [0.1, 0.15) is 21.7 Å². The Bertz CT molecular complexity index is 1210. The Labute approximate surface area is 150 Å². The Morgan fingerprint density at radius 3 is 2.85 bits per heavy atom. The number of carbonyl (C=O) groups is 1. The maximum absolute atomic E-state index is 12.9. The standard InChI is InChI=1S/C22H17N3O/c1-25-10-9-16-13-24-21-20(16)19(25)11-18(22(21)26)23-12-15-7-4-6-14-5-2-3-8-17(14)15/h2-10,13H,11-12H2,1H3/p+1. The fourth-order valence-electron chi connectivity index (χ4n) is 3.85. The lowest BCUT2D eigenvalue weighted by atomic mass is 9.95. The number of fused-ring (bicyclic) bond motifs is 1. The fourth-order valence-corrected chi connectivity index (χ4v) is 3.85. The minimum atomic E-state index is 0.0129. The smallest absolute Gasteiger partial charge is 0.224 e. The second-order valence-corrected chi connectivity index (χ2v) is 6.77. The number of benzene rings is 2. The molecule has 0 atom stereocenters. The largest absolute Gasteiger partial charge is 0.357 e. The molecule has 1 aliphatic carbocycles. The van der Waals surface area contributed by atoms with Crippen LogP contribution in [0.2, 0.25) is 0 Å². The maximum Gasteiger partial charge on any atom is 0.224 e. The van der Waals surface area contributed by atoms with Gasteiger partial charge < -0.3 is 4.98 Å². The van der Waals surface area contributed by atoms with E-state index in [1.807, 2.05) is 43.7 Å². The minimum absolute atomic E-state index is 0.0129. The summed E-state index contributed by atoms with van der Waals surface area (Å²) < 4.78 is 2.08. The number of hydrogen-bond acceptors (Lipinski definition) is 2. The summed E-state index contributed by atoms with van der Waals surface area (Å²) in [6, 6.07) is 16.5. The topological polar surface area (TPSA) is 49.1 Å². The SMILES string of the molecule is C[n+]1ccc2c[nH]c3c2c1CC(=NCc1cccc2ccccc12)C3=O. The average molecular weight is 340 g/mol. The average Bonchev–Trinajstić information content (AvgIpc) is 3.10. The van der Waals surface area contributed by atoms with Gasteiger partial charge in [0.05, 0.1) is 24.1 Å². The van der Waals surface area contributed by atoms with Crippen molar-refractivity contribution >= 4 is 33.0 Å². The molecule has 2 aromatic carbocycles. The Morgan fingerprint density at radius 2 is 1.92 bits per heavy atom. The van der Waals surface area contributed by atoms with E-state index in [0.717, 1.165) is 22.0 Å². The van der Waals surface area contributed by atoms with Crippen LogP contribution in [0.15, 0.2) is 65.9 Å². The molecule has 0 saturated heterocycles. The number of aliphatic imine (C=N–C) groups is 1. The van der Waals surface area contributed by atoms with Crippen LogP contribution < -0.4 is 4.57 Å². The summed E-state index contributed by atoms with van der Waals surface area (Å²) >= 11 is 0. The number of H-pyrrole nitrogens is 1. The Kier molecular flexibility index (Phi) is 3.25. The molecular formula is C22H18N3O+. The normalized spacial score (nSPS) is 15.3. The van der Waals surface area contributed by atoms with Crippen LogP contribution in [0, 0.1) is 0 Å². The summed E-state index contributed by atoms with van der Waals surface area (Å²) in [6.45, 7) is 0.512. The van der Waals surface area contributed by atoms with Crippen molar-refractivity contribution in [1.29, 1.82) is 0 Å². The molecule has 1 N–H and O–H groups in total. The van der Waals surface area contributed by atoms with E-state index < -0.39 is 0 Å². The van der Waals surface area contributed by atoms with Crippen molar-refractivity contribution in [3.05, 3.63) is 77.9 Å². The molecule has 1 aliphatic rings. The molecule has 4 nitrogen and oxygen atoms in total. The van der Waals surface area contributed by atoms with Gasteiger partial charge in [0.15, 0.2) is 11.9 Å². The number of ketones is 1. The molecule has 2 aromatic heterocycles. The molecule has 4 heteroatoms. The van der Waals surface area contributed by atoms with E-state index in [4.69, 9.17) is 4.99 Å². The van der Waals surface area contributed by atoms with Crippen LogP contribution in [-0.2, 0) is 20.0 Å². The maximum atomic E-state index is 12.9. The van der Waals surface area contributed by atoms with Gasteiger partial charge in [-0.1, -0.05) is 42.5 Å². The summed E-state index contributed by atoms with van der Waals surface area (Å²) in [4.78, 5) is 20.8. The zero-order valence-electron chi connectivity index (χ0n) is 14.5. The van der Waals surface area contributed by atoms with E-state index in [0.29, 0.717) is 24.4 Å². The highest BCUT2D eigenvalue weighted by Crippen LogP contribution is 2.26. The van der Waals surface area contributed by atoms with Crippen molar-refractivity contribution in [2.75, 3.05) is 0 Å². The number of aromatic nitrogens is 2. The molecule has 0 aliphatic heterocycles. The Hall–Kier alpha value is -3.27. The number of rotatable bonds is 2. The molecule has 0 bridgehead atoms. The summed E-state index contributed by atoms with van der Waals surface area (Å²) in [6.07, 6.45) is 4.51. The number of Topliss-reactive ketones (excluding diaryl/α,β-unsaturated/α-hetero) is 1. The number of carbonyl (C=O) groups excluding carboxylic acids is 1. The number of pyridine rings is 1. The first-order valence-corrected chi connectivity index (χ1v) is 8.75. The van der Waals surface area contributed by atoms with Gasteiger partial charge in [0.25, 0.3) is 0 Å². The molecule has 0 radical (unpaired) electrons. The molecule has 0 saturated carbocycles. The van der Waals surface area contributed by atoms with Crippen molar-refractivity contribution in [3.63, 3.8) is 0 Å². The molecule has 0 fully saturated rings. The summed E-state index contributed by atoms with van der Waals surface area (Å²) in [7, 11) is 2.02. The van der Waals surface area contributed by atoms with Crippen molar-refractivity contribution in [1.82, 2.24) is 4.98 Å². The molecule has 0 unspecified atom stereocenters. The van der Waals surface area contributed by atoms with E-state index in [1.54, 1.807) is 0 Å². The molecule has 2 heterocycles. The number of nitrogens with one attached hydrogen (secondary N) is 1. The van der Waals surface area contributed by atoms with Crippen LogP contribution in [0.4, 0.5) is 0 Å². The van der Waals surface area contributed by atoms with Crippen LogP contribution in [0.25, 0.3) is 21.5 Å². The monoisotopic (exact) mass is 340 g/mol. The molecule has 126 valence electrons. The predicted molar refractivity (Wildman–Crippen MR) is 103 cm³/mol. The number of aryl methyl sites for hydroxylation is 1. The van der Waals surface area contributed by atoms with Gasteiger partial charge in [0.2, 0.25) is 5.78 Å². The molecular weight excluding hydrogens is 322 g/mol. The number of nitrogens with zero attached hydrogens (tertiary/aromatic N) is 2. The van der Waals surface area contributed by atoms with Gasteiger partial charge in [-0.3, -0.25) is 9.79 Å². The molecule has 4 aromatic rings. The van der Waals surface area contributed by atoms with Crippen LogP contribution in [0.3, 0.4) is 0 Å². The van der Waals surface area contributed by atoms with Crippen molar-refractivity contribution in [2.24, 2.45) is 12.0 Å². The van der Waals surface area contributed by atoms with Crippen molar-refractivity contribution in [2.45, 2.75) is 13.0 Å². The molecule has 0 amide bonds. The molecule has 0 spiro atoms.